The van der Waals surface area contributed by atoms with Crippen LogP contribution in [0.15, 0.2) is 145 Å². The van der Waals surface area contributed by atoms with Crippen LogP contribution in [0, 0.1) is 0 Å². The van der Waals surface area contributed by atoms with Gasteiger partial charge in [-0.1, -0.05) is 166 Å². The Morgan fingerprint density at radius 3 is 1.83 bits per heavy atom. The summed E-state index contributed by atoms with van der Waals surface area (Å²) in [6.45, 7) is 3.09. The van der Waals surface area contributed by atoms with E-state index < -0.39 is 5.54 Å². The molecule has 0 atom stereocenters. The quantitative estimate of drug-likeness (QED) is 0.0744. The molecule has 0 unspecified atom stereocenters. The molecule has 1 aromatic heterocycles. The van der Waals surface area contributed by atoms with Gasteiger partial charge in [-0.05, 0) is 63.1 Å². The molecule has 52 heavy (non-hydrogen) atoms. The number of aromatic nitrogens is 4. The molecule has 264 valence electrons. The van der Waals surface area contributed by atoms with Crippen LogP contribution < -0.4 is 0 Å². The van der Waals surface area contributed by atoms with E-state index in [4.69, 9.17) is 15.3 Å². The van der Waals surface area contributed by atoms with E-state index >= 15 is 0 Å². The van der Waals surface area contributed by atoms with Crippen molar-refractivity contribution in [2.24, 2.45) is 4.99 Å². The normalized spacial score (nSPS) is 14.4. The van der Waals surface area contributed by atoms with E-state index in [0.29, 0.717) is 5.82 Å². The van der Waals surface area contributed by atoms with Crippen LogP contribution in [0.5, 0.6) is 0 Å². The lowest BCUT2D eigenvalue weighted by Gasteiger charge is -2.36. The molecule has 7 rings (SSSR count). The molecule has 1 fully saturated rings. The van der Waals surface area contributed by atoms with Gasteiger partial charge in [0, 0.05) is 25.6 Å². The first-order chi connectivity index (χ1) is 25.6. The van der Waals surface area contributed by atoms with Crippen molar-refractivity contribution in [2.75, 3.05) is 13.7 Å². The van der Waals surface area contributed by atoms with Crippen LogP contribution in [-0.2, 0) is 12.1 Å². The number of aliphatic imine (C=N–C) groups is 1. The van der Waals surface area contributed by atoms with Gasteiger partial charge < -0.3 is 10.0 Å². The Bertz CT molecular complexity index is 1960. The van der Waals surface area contributed by atoms with Crippen LogP contribution in [-0.4, -0.2) is 55.2 Å². The number of aliphatic hydroxyl groups is 1. The number of hydrogen-bond donors (Lipinski definition) is 1. The molecule has 0 spiro atoms. The Labute approximate surface area is 307 Å². The van der Waals surface area contributed by atoms with Crippen molar-refractivity contribution in [2.45, 2.75) is 69.5 Å². The molecule has 7 nitrogen and oxygen atoms in total. The molecule has 5 aromatic carbocycles. The highest BCUT2D eigenvalue weighted by atomic mass is 16.3. The number of benzene rings is 5. The lowest BCUT2D eigenvalue weighted by Crippen LogP contribution is -2.39. The maximum absolute atomic E-state index is 10.3. The fraction of sp³-hybridized carbons (Fsp3) is 0.289. The Hall–Kier alpha value is -5.40. The Morgan fingerprint density at radius 2 is 1.29 bits per heavy atom. The van der Waals surface area contributed by atoms with Crippen molar-refractivity contribution in [3.05, 3.63) is 162 Å². The number of amidine groups is 1. The van der Waals surface area contributed by atoms with E-state index in [0.717, 1.165) is 90.7 Å². The minimum atomic E-state index is -0.839. The Kier molecular flexibility index (Phi) is 10.7. The number of nitrogens with zero attached hydrogens (tertiary/aromatic N) is 6. The molecule has 0 radical (unpaired) electrons. The van der Waals surface area contributed by atoms with Crippen molar-refractivity contribution >= 4 is 5.84 Å². The van der Waals surface area contributed by atoms with E-state index in [9.17, 15) is 5.11 Å². The minimum absolute atomic E-state index is 0.122. The second-order valence-electron chi connectivity index (χ2n) is 14.0. The third-order valence-electron chi connectivity index (χ3n) is 10.6. The minimum Gasteiger partial charge on any atom is -0.394 e. The summed E-state index contributed by atoms with van der Waals surface area (Å²) < 4.78 is 2.00. The highest BCUT2D eigenvalue weighted by Gasteiger charge is 2.42. The van der Waals surface area contributed by atoms with Crippen LogP contribution in [0.3, 0.4) is 0 Å². The topological polar surface area (TPSA) is 79.4 Å². The number of rotatable bonds is 13. The van der Waals surface area contributed by atoms with Crippen molar-refractivity contribution in [3.8, 4) is 22.5 Å². The van der Waals surface area contributed by atoms with Gasteiger partial charge in [-0.3, -0.25) is 4.99 Å². The lowest BCUT2D eigenvalue weighted by molar-refractivity contribution is 0.199. The van der Waals surface area contributed by atoms with Gasteiger partial charge in [0.05, 0.1) is 18.0 Å². The zero-order valence-electron chi connectivity index (χ0n) is 30.3. The van der Waals surface area contributed by atoms with E-state index in [1.165, 1.54) is 5.56 Å². The average molecular weight is 689 g/mol. The summed E-state index contributed by atoms with van der Waals surface area (Å²) in [5.41, 5.74) is 6.32. The first kappa shape index (κ1) is 35.0. The molecule has 1 aliphatic carbocycles. The average Bonchev–Trinajstić information content (AvgIpc) is 3.90. The highest BCUT2D eigenvalue weighted by molar-refractivity contribution is 5.83. The number of tetrazole rings is 1. The molecule has 0 saturated heterocycles. The summed E-state index contributed by atoms with van der Waals surface area (Å²) in [4.78, 5) is 7.51. The summed E-state index contributed by atoms with van der Waals surface area (Å²) in [7, 11) is 2.13. The highest BCUT2D eigenvalue weighted by Crippen LogP contribution is 2.43. The Balaban J connectivity index is 1.27. The fourth-order valence-electron chi connectivity index (χ4n) is 7.85. The van der Waals surface area contributed by atoms with Gasteiger partial charge in [0.1, 0.15) is 5.54 Å². The number of aliphatic hydroxyl groups excluding tert-OH is 1. The van der Waals surface area contributed by atoms with Crippen LogP contribution in [0.4, 0.5) is 0 Å². The molecular formula is C45H48N6O. The maximum atomic E-state index is 10.3. The third kappa shape index (κ3) is 6.93. The summed E-state index contributed by atoms with van der Waals surface area (Å²) in [5.74, 6) is 1.77. The van der Waals surface area contributed by atoms with Gasteiger partial charge in [-0.15, -0.1) is 5.10 Å². The molecule has 1 saturated carbocycles. The molecule has 1 aliphatic rings. The predicted octanol–water partition coefficient (Wildman–Crippen LogP) is 9.17. The van der Waals surface area contributed by atoms with Gasteiger partial charge in [0.25, 0.3) is 0 Å². The van der Waals surface area contributed by atoms with E-state index in [1.54, 1.807) is 0 Å². The van der Waals surface area contributed by atoms with E-state index in [-0.39, 0.29) is 12.1 Å². The van der Waals surface area contributed by atoms with Crippen LogP contribution >= 0.6 is 0 Å². The van der Waals surface area contributed by atoms with Gasteiger partial charge in [-0.2, -0.15) is 0 Å². The van der Waals surface area contributed by atoms with Gasteiger partial charge >= 0.3 is 0 Å². The number of unbranched alkanes of at least 4 members (excludes halogenated alkanes) is 1. The molecule has 0 aliphatic heterocycles. The standard InChI is InChI=1S/C45H48N6O/c1-3-4-26-42(46-44(34-52)31-16-17-32-44)50(2)33-35-27-29-36(30-28-35)40-24-14-15-25-41(40)43-47-48-49-51(43)45(37-18-8-5-9-19-37,38-20-10-6-11-21-38)39-22-12-7-13-23-39/h5-15,18-25,27-30,52H,3-4,16-17,26,31-34H2,1-2H3/b46-42-. The van der Waals surface area contributed by atoms with Crippen LogP contribution in [0.2, 0.25) is 0 Å². The third-order valence-corrected chi connectivity index (χ3v) is 10.6. The molecule has 7 heteroatoms. The summed E-state index contributed by atoms with van der Waals surface area (Å²) in [5, 5.41) is 24.1. The summed E-state index contributed by atoms with van der Waals surface area (Å²) in [6.07, 6.45) is 7.32. The van der Waals surface area contributed by atoms with Crippen molar-refractivity contribution in [1.82, 2.24) is 25.1 Å². The Morgan fingerprint density at radius 1 is 0.750 bits per heavy atom. The van der Waals surface area contributed by atoms with Crippen LogP contribution in [0.25, 0.3) is 22.5 Å². The summed E-state index contributed by atoms with van der Waals surface area (Å²) >= 11 is 0. The molecule has 6 aromatic rings. The molecule has 1 heterocycles. The van der Waals surface area contributed by atoms with Crippen molar-refractivity contribution in [3.63, 3.8) is 0 Å². The van der Waals surface area contributed by atoms with Gasteiger partial charge in [0.2, 0.25) is 0 Å². The van der Waals surface area contributed by atoms with E-state index in [1.807, 2.05) is 22.9 Å². The smallest absolute Gasteiger partial charge is 0.184 e. The van der Waals surface area contributed by atoms with Crippen molar-refractivity contribution < 1.29 is 5.11 Å². The lowest BCUT2D eigenvalue weighted by atomic mass is 9.77. The molecule has 1 N–H and O–H groups in total. The zero-order chi connectivity index (χ0) is 35.8. The number of hydrogen-bond acceptors (Lipinski definition) is 5. The van der Waals surface area contributed by atoms with E-state index in [2.05, 4.69) is 145 Å². The molecule has 0 bridgehead atoms. The molecule has 0 amide bonds. The maximum Gasteiger partial charge on any atom is 0.184 e. The van der Waals surface area contributed by atoms with Crippen molar-refractivity contribution in [1.29, 1.82) is 0 Å². The zero-order valence-corrected chi connectivity index (χ0v) is 30.3. The van der Waals surface area contributed by atoms with Gasteiger partial charge in [-0.25, -0.2) is 4.68 Å². The largest absolute Gasteiger partial charge is 0.394 e. The fourth-order valence-corrected chi connectivity index (χ4v) is 7.85. The second kappa shape index (κ2) is 15.9. The first-order valence-electron chi connectivity index (χ1n) is 18.6. The van der Waals surface area contributed by atoms with Gasteiger partial charge in [0.15, 0.2) is 5.82 Å². The summed E-state index contributed by atoms with van der Waals surface area (Å²) in [6, 6.07) is 48.7. The predicted molar refractivity (Wildman–Crippen MR) is 210 cm³/mol. The van der Waals surface area contributed by atoms with Crippen LogP contribution in [0.1, 0.15) is 74.1 Å². The second-order valence-corrected chi connectivity index (χ2v) is 14.0. The SMILES string of the molecule is CCCC/C(=N/C1(CO)CCCC1)N(C)Cc1ccc(-c2ccccc2-c2nnnn2C(c2ccccc2)(c2ccccc2)c2ccccc2)cc1. The monoisotopic (exact) mass is 688 g/mol. The first-order valence-corrected chi connectivity index (χ1v) is 18.6. The molecular weight excluding hydrogens is 641 g/mol.